The Bertz CT molecular complexity index is 1120. The standard InChI is InChI=1S/C23H24N6O/c1-14-11-26-17(12-25-14)9-22-28-21-13-27-20-4-3-16(10-24)8-19(20)23(21)29(22)18-5-6-30-15(2)7-18/h3-4,8,11-13,15,18,22,28H,5-7,9H2,1-2H3/t15-,18?,22?/m1/s1. The number of aryl methyl sites for hydroxylation is 1. The Morgan fingerprint density at radius 3 is 2.90 bits per heavy atom. The summed E-state index contributed by atoms with van der Waals surface area (Å²) in [6, 6.07) is 8.30. The second-order valence-electron chi connectivity index (χ2n) is 8.14. The molecule has 152 valence electrons. The van der Waals surface area contributed by atoms with Gasteiger partial charge in [0.25, 0.3) is 0 Å². The molecule has 1 N–H and O–H groups in total. The van der Waals surface area contributed by atoms with E-state index in [-0.39, 0.29) is 12.3 Å². The van der Waals surface area contributed by atoms with Crippen LogP contribution in [0.3, 0.4) is 0 Å². The minimum Gasteiger partial charge on any atom is -0.378 e. The lowest BCUT2D eigenvalue weighted by atomic mass is 9.99. The van der Waals surface area contributed by atoms with Gasteiger partial charge in [-0.25, -0.2) is 0 Å². The summed E-state index contributed by atoms with van der Waals surface area (Å²) in [6.45, 7) is 4.83. The van der Waals surface area contributed by atoms with Crippen molar-refractivity contribution in [3.8, 4) is 6.07 Å². The summed E-state index contributed by atoms with van der Waals surface area (Å²) in [7, 11) is 0. The predicted molar refractivity (Wildman–Crippen MR) is 115 cm³/mol. The van der Waals surface area contributed by atoms with Gasteiger partial charge in [0.15, 0.2) is 0 Å². The first kappa shape index (κ1) is 18.8. The van der Waals surface area contributed by atoms with E-state index in [0.717, 1.165) is 59.5 Å². The molecule has 2 aliphatic rings. The van der Waals surface area contributed by atoms with Gasteiger partial charge in [-0.05, 0) is 44.9 Å². The van der Waals surface area contributed by atoms with Crippen molar-refractivity contribution < 1.29 is 4.74 Å². The van der Waals surface area contributed by atoms with Crippen molar-refractivity contribution in [3.05, 3.63) is 53.7 Å². The molecule has 7 nitrogen and oxygen atoms in total. The van der Waals surface area contributed by atoms with Gasteiger partial charge in [0.05, 0.1) is 52.2 Å². The van der Waals surface area contributed by atoms with Crippen LogP contribution in [0.15, 0.2) is 36.8 Å². The first-order valence-corrected chi connectivity index (χ1v) is 10.4. The summed E-state index contributed by atoms with van der Waals surface area (Å²) in [5, 5.41) is 14.1. The van der Waals surface area contributed by atoms with E-state index in [9.17, 15) is 5.26 Å². The highest BCUT2D eigenvalue weighted by Crippen LogP contribution is 2.43. The van der Waals surface area contributed by atoms with Crippen LogP contribution in [0.1, 0.15) is 36.7 Å². The zero-order chi connectivity index (χ0) is 20.7. The molecule has 0 spiro atoms. The Kier molecular flexibility index (Phi) is 4.72. The lowest BCUT2D eigenvalue weighted by molar-refractivity contribution is 0.0178. The Morgan fingerprint density at radius 2 is 2.13 bits per heavy atom. The van der Waals surface area contributed by atoms with Crippen molar-refractivity contribution in [1.82, 2.24) is 15.0 Å². The van der Waals surface area contributed by atoms with Crippen molar-refractivity contribution in [3.63, 3.8) is 0 Å². The van der Waals surface area contributed by atoms with E-state index in [1.54, 1.807) is 0 Å². The molecular weight excluding hydrogens is 376 g/mol. The molecule has 2 aliphatic heterocycles. The lowest BCUT2D eigenvalue weighted by Crippen LogP contribution is -2.48. The maximum absolute atomic E-state index is 9.43. The van der Waals surface area contributed by atoms with Crippen LogP contribution in [-0.2, 0) is 11.2 Å². The van der Waals surface area contributed by atoms with Gasteiger partial charge in [0, 0.05) is 36.8 Å². The Morgan fingerprint density at radius 1 is 1.23 bits per heavy atom. The lowest BCUT2D eigenvalue weighted by Gasteiger charge is -2.39. The topological polar surface area (TPSA) is 87.0 Å². The summed E-state index contributed by atoms with van der Waals surface area (Å²) in [6.07, 6.45) is 8.49. The second-order valence-corrected chi connectivity index (χ2v) is 8.14. The number of benzene rings is 1. The predicted octanol–water partition coefficient (Wildman–Crippen LogP) is 3.57. The molecule has 2 aromatic heterocycles. The van der Waals surface area contributed by atoms with Crippen molar-refractivity contribution in [1.29, 1.82) is 5.26 Å². The van der Waals surface area contributed by atoms with Gasteiger partial charge in [0.1, 0.15) is 6.17 Å². The monoisotopic (exact) mass is 400 g/mol. The smallest absolute Gasteiger partial charge is 0.105 e. The Labute approximate surface area is 175 Å². The van der Waals surface area contributed by atoms with Crippen LogP contribution in [-0.4, -0.2) is 39.9 Å². The van der Waals surface area contributed by atoms with Gasteiger partial charge >= 0.3 is 0 Å². The maximum atomic E-state index is 9.43. The number of nitriles is 1. The van der Waals surface area contributed by atoms with Crippen LogP contribution in [0.25, 0.3) is 10.9 Å². The number of fused-ring (bicyclic) bond motifs is 3. The fourth-order valence-corrected chi connectivity index (χ4v) is 4.57. The minimum atomic E-state index is 0.0467. The fraction of sp³-hybridized carbons (Fsp3) is 0.391. The quantitative estimate of drug-likeness (QED) is 0.719. The number of pyridine rings is 1. The highest BCUT2D eigenvalue weighted by Gasteiger charge is 2.38. The largest absolute Gasteiger partial charge is 0.378 e. The molecule has 30 heavy (non-hydrogen) atoms. The van der Waals surface area contributed by atoms with Crippen LogP contribution in [0.4, 0.5) is 11.4 Å². The Balaban J connectivity index is 1.60. The summed E-state index contributed by atoms with van der Waals surface area (Å²) >= 11 is 0. The summed E-state index contributed by atoms with van der Waals surface area (Å²) < 4.78 is 5.82. The van der Waals surface area contributed by atoms with Gasteiger partial charge in [-0.15, -0.1) is 0 Å². The molecule has 1 aromatic carbocycles. The van der Waals surface area contributed by atoms with E-state index in [1.807, 2.05) is 43.7 Å². The van der Waals surface area contributed by atoms with Gasteiger partial charge in [0.2, 0.25) is 0 Å². The van der Waals surface area contributed by atoms with Gasteiger partial charge < -0.3 is 15.0 Å². The van der Waals surface area contributed by atoms with Crippen molar-refractivity contribution in [2.75, 3.05) is 16.8 Å². The fourth-order valence-electron chi connectivity index (χ4n) is 4.57. The minimum absolute atomic E-state index is 0.0467. The molecular formula is C23H24N6O. The average Bonchev–Trinajstić information content (AvgIpc) is 3.13. The van der Waals surface area contributed by atoms with Crippen molar-refractivity contribution in [2.24, 2.45) is 0 Å². The third-order valence-electron chi connectivity index (χ3n) is 5.97. The van der Waals surface area contributed by atoms with Crippen molar-refractivity contribution in [2.45, 2.75) is 51.4 Å². The number of aromatic nitrogens is 3. The maximum Gasteiger partial charge on any atom is 0.105 e. The molecule has 7 heteroatoms. The van der Waals surface area contributed by atoms with Crippen LogP contribution >= 0.6 is 0 Å². The Hall–Kier alpha value is -3.24. The molecule has 5 rings (SSSR count). The van der Waals surface area contributed by atoms with Gasteiger partial charge in [-0.2, -0.15) is 5.26 Å². The summed E-state index contributed by atoms with van der Waals surface area (Å²) in [5.74, 6) is 0. The number of rotatable bonds is 3. The van der Waals surface area contributed by atoms with E-state index in [1.165, 1.54) is 0 Å². The second kappa shape index (κ2) is 7.54. The molecule has 0 bridgehead atoms. The first-order valence-electron chi connectivity index (χ1n) is 10.4. The molecule has 0 amide bonds. The van der Waals surface area contributed by atoms with Gasteiger partial charge in [-0.1, -0.05) is 0 Å². The van der Waals surface area contributed by atoms with E-state index in [0.29, 0.717) is 11.6 Å². The van der Waals surface area contributed by atoms with Crippen LogP contribution in [0, 0.1) is 18.3 Å². The normalized spacial score (nSPS) is 23.1. The molecule has 3 atom stereocenters. The van der Waals surface area contributed by atoms with E-state index in [4.69, 9.17) is 4.74 Å². The van der Waals surface area contributed by atoms with Crippen molar-refractivity contribution >= 4 is 22.3 Å². The van der Waals surface area contributed by atoms with Crippen LogP contribution in [0.5, 0.6) is 0 Å². The number of hydrogen-bond donors (Lipinski definition) is 1. The van der Waals surface area contributed by atoms with Crippen LogP contribution in [0.2, 0.25) is 0 Å². The van der Waals surface area contributed by atoms with E-state index >= 15 is 0 Å². The zero-order valence-electron chi connectivity index (χ0n) is 17.2. The van der Waals surface area contributed by atoms with Gasteiger partial charge in [-0.3, -0.25) is 15.0 Å². The third kappa shape index (κ3) is 3.33. The first-order chi connectivity index (χ1) is 14.6. The van der Waals surface area contributed by atoms with E-state index in [2.05, 4.69) is 38.2 Å². The molecule has 3 aromatic rings. The average molecular weight is 400 g/mol. The molecule has 1 fully saturated rings. The molecule has 4 heterocycles. The highest BCUT2D eigenvalue weighted by molar-refractivity contribution is 6.01. The number of nitrogens with one attached hydrogen (secondary N) is 1. The summed E-state index contributed by atoms with van der Waals surface area (Å²) in [4.78, 5) is 16.1. The summed E-state index contributed by atoms with van der Waals surface area (Å²) in [5.41, 5.74) is 5.53. The van der Waals surface area contributed by atoms with Crippen LogP contribution < -0.4 is 10.2 Å². The number of anilines is 2. The highest BCUT2D eigenvalue weighted by atomic mass is 16.5. The molecule has 0 saturated carbocycles. The molecule has 0 aliphatic carbocycles. The SMILES string of the molecule is Cc1cnc(CC2Nc3cnc4ccc(C#N)cc4c3N2C2CCO[C@H](C)C2)cn1. The number of nitrogens with zero attached hydrogens (tertiary/aromatic N) is 5. The number of hydrogen-bond acceptors (Lipinski definition) is 7. The number of ether oxygens (including phenoxy) is 1. The molecule has 0 radical (unpaired) electrons. The molecule has 1 saturated heterocycles. The molecule has 2 unspecified atom stereocenters. The third-order valence-corrected chi connectivity index (χ3v) is 5.97. The van der Waals surface area contributed by atoms with E-state index < -0.39 is 0 Å². The zero-order valence-corrected chi connectivity index (χ0v) is 17.2.